The Morgan fingerprint density at radius 3 is 2.65 bits per heavy atom. The third kappa shape index (κ3) is 6.75. The summed E-state index contributed by atoms with van der Waals surface area (Å²) in [5.41, 5.74) is 2.64. The first-order valence-corrected chi connectivity index (χ1v) is 6.31. The number of unbranched alkanes of at least 4 members (excludes halogenated alkanes) is 1. The standard InChI is InChI=1S/C16H22O/c1-15(10-8-14-17)9-4-2-5-11-16-12-6-3-7-13-16/h3,5-7,9,11-13,17H,2,4,8,10,14H2,1H3. The molecule has 1 heteroatoms. The monoisotopic (exact) mass is 230 g/mol. The van der Waals surface area contributed by atoms with E-state index in [0.29, 0.717) is 6.61 Å². The Bertz CT molecular complexity index is 349. The number of aliphatic hydroxyl groups excluding tert-OH is 1. The first kappa shape index (κ1) is 13.7. The molecule has 0 aliphatic heterocycles. The van der Waals surface area contributed by atoms with Gasteiger partial charge in [0.15, 0.2) is 0 Å². The third-order valence-electron chi connectivity index (χ3n) is 2.67. The number of allylic oxidation sites excluding steroid dienone is 3. The molecule has 1 nitrogen and oxygen atoms in total. The van der Waals surface area contributed by atoms with Gasteiger partial charge in [0, 0.05) is 6.61 Å². The summed E-state index contributed by atoms with van der Waals surface area (Å²) < 4.78 is 0. The van der Waals surface area contributed by atoms with E-state index in [9.17, 15) is 0 Å². The molecule has 1 rings (SSSR count). The fourth-order valence-electron chi connectivity index (χ4n) is 1.67. The molecule has 0 heterocycles. The van der Waals surface area contributed by atoms with E-state index in [4.69, 9.17) is 5.11 Å². The van der Waals surface area contributed by atoms with Gasteiger partial charge in [-0.2, -0.15) is 0 Å². The fourth-order valence-corrected chi connectivity index (χ4v) is 1.67. The lowest BCUT2D eigenvalue weighted by molar-refractivity contribution is 0.288. The molecule has 0 saturated carbocycles. The molecular weight excluding hydrogens is 208 g/mol. The highest BCUT2D eigenvalue weighted by atomic mass is 16.2. The maximum atomic E-state index is 8.71. The molecule has 0 aliphatic rings. The predicted molar refractivity (Wildman–Crippen MR) is 74.8 cm³/mol. The molecular formula is C16H22O. The third-order valence-corrected chi connectivity index (χ3v) is 2.67. The summed E-state index contributed by atoms with van der Waals surface area (Å²) in [5, 5.41) is 8.71. The topological polar surface area (TPSA) is 20.2 Å². The van der Waals surface area contributed by atoms with Crippen LogP contribution in [-0.2, 0) is 0 Å². The smallest absolute Gasteiger partial charge is 0.0434 e. The van der Waals surface area contributed by atoms with Gasteiger partial charge >= 0.3 is 0 Å². The van der Waals surface area contributed by atoms with E-state index in [1.807, 2.05) is 6.07 Å². The van der Waals surface area contributed by atoms with Crippen molar-refractivity contribution >= 4 is 6.08 Å². The second kappa shape index (κ2) is 8.77. The van der Waals surface area contributed by atoms with Crippen molar-refractivity contribution in [2.75, 3.05) is 6.61 Å². The highest BCUT2D eigenvalue weighted by Gasteiger charge is 1.89. The zero-order valence-electron chi connectivity index (χ0n) is 10.6. The quantitative estimate of drug-likeness (QED) is 0.550. The van der Waals surface area contributed by atoms with E-state index in [1.165, 1.54) is 11.1 Å². The minimum absolute atomic E-state index is 0.291. The molecule has 0 fully saturated rings. The summed E-state index contributed by atoms with van der Waals surface area (Å²) in [6.45, 7) is 2.43. The Kier molecular flexibility index (Phi) is 7.08. The van der Waals surface area contributed by atoms with Crippen molar-refractivity contribution in [3.05, 3.63) is 53.6 Å². The lowest BCUT2D eigenvalue weighted by Crippen LogP contribution is -1.83. The highest BCUT2D eigenvalue weighted by molar-refractivity contribution is 5.48. The molecule has 0 aliphatic carbocycles. The van der Waals surface area contributed by atoms with Gasteiger partial charge in [-0.3, -0.25) is 0 Å². The minimum Gasteiger partial charge on any atom is -0.396 e. The summed E-state index contributed by atoms with van der Waals surface area (Å²) in [6, 6.07) is 10.4. The Hall–Kier alpha value is -1.34. The van der Waals surface area contributed by atoms with Crippen LogP contribution in [0.25, 0.3) is 6.08 Å². The summed E-state index contributed by atoms with van der Waals surface area (Å²) in [5.74, 6) is 0. The van der Waals surface area contributed by atoms with Gasteiger partial charge in [-0.05, 0) is 38.2 Å². The summed E-state index contributed by atoms with van der Waals surface area (Å²) >= 11 is 0. The molecule has 1 aromatic carbocycles. The van der Waals surface area contributed by atoms with E-state index in [-0.39, 0.29) is 0 Å². The van der Waals surface area contributed by atoms with E-state index < -0.39 is 0 Å². The zero-order valence-corrected chi connectivity index (χ0v) is 10.6. The summed E-state index contributed by atoms with van der Waals surface area (Å²) in [7, 11) is 0. The predicted octanol–water partition coefficient (Wildman–Crippen LogP) is 4.20. The molecule has 0 amide bonds. The average Bonchev–Trinajstić information content (AvgIpc) is 2.37. The summed E-state index contributed by atoms with van der Waals surface area (Å²) in [6.07, 6.45) is 10.7. The van der Waals surface area contributed by atoms with Gasteiger partial charge < -0.3 is 5.11 Å². The lowest BCUT2D eigenvalue weighted by atomic mass is 10.1. The second-order valence-corrected chi connectivity index (χ2v) is 4.27. The van der Waals surface area contributed by atoms with Gasteiger partial charge in [-0.25, -0.2) is 0 Å². The van der Waals surface area contributed by atoms with Crippen molar-refractivity contribution in [1.82, 2.24) is 0 Å². The maximum Gasteiger partial charge on any atom is 0.0434 e. The van der Waals surface area contributed by atoms with Crippen molar-refractivity contribution in [2.45, 2.75) is 32.6 Å². The molecule has 0 atom stereocenters. The Morgan fingerprint density at radius 1 is 1.18 bits per heavy atom. The van der Waals surface area contributed by atoms with Gasteiger partial charge in [0.1, 0.15) is 0 Å². The zero-order chi connectivity index (χ0) is 12.3. The van der Waals surface area contributed by atoms with Crippen LogP contribution < -0.4 is 0 Å². The van der Waals surface area contributed by atoms with Crippen LogP contribution in [0.1, 0.15) is 38.2 Å². The van der Waals surface area contributed by atoms with Crippen LogP contribution in [0.15, 0.2) is 48.1 Å². The van der Waals surface area contributed by atoms with Crippen LogP contribution in [0.4, 0.5) is 0 Å². The molecule has 0 saturated heterocycles. The Morgan fingerprint density at radius 2 is 1.94 bits per heavy atom. The first-order valence-electron chi connectivity index (χ1n) is 6.31. The van der Waals surface area contributed by atoms with Crippen molar-refractivity contribution in [1.29, 1.82) is 0 Å². The molecule has 0 bridgehead atoms. The van der Waals surface area contributed by atoms with Crippen LogP contribution >= 0.6 is 0 Å². The van der Waals surface area contributed by atoms with E-state index >= 15 is 0 Å². The number of rotatable bonds is 7. The normalized spacial score (nSPS) is 12.2. The van der Waals surface area contributed by atoms with E-state index in [1.54, 1.807) is 0 Å². The molecule has 92 valence electrons. The molecule has 1 aromatic rings. The van der Waals surface area contributed by atoms with Crippen LogP contribution in [0.3, 0.4) is 0 Å². The maximum absolute atomic E-state index is 8.71. The van der Waals surface area contributed by atoms with Crippen molar-refractivity contribution < 1.29 is 5.11 Å². The van der Waals surface area contributed by atoms with Gasteiger partial charge in [0.25, 0.3) is 0 Å². The molecule has 1 N–H and O–H groups in total. The molecule has 0 radical (unpaired) electrons. The number of benzene rings is 1. The molecule has 0 spiro atoms. The van der Waals surface area contributed by atoms with E-state index in [2.05, 4.69) is 49.4 Å². The first-order chi connectivity index (χ1) is 8.33. The molecule has 0 unspecified atom stereocenters. The van der Waals surface area contributed by atoms with Gasteiger partial charge in [0.2, 0.25) is 0 Å². The van der Waals surface area contributed by atoms with Gasteiger partial charge in [-0.1, -0.05) is 54.1 Å². The average molecular weight is 230 g/mol. The van der Waals surface area contributed by atoms with Crippen LogP contribution in [0.5, 0.6) is 0 Å². The number of aliphatic hydroxyl groups is 1. The fraction of sp³-hybridized carbons (Fsp3) is 0.375. The van der Waals surface area contributed by atoms with Crippen molar-refractivity contribution in [2.24, 2.45) is 0 Å². The Labute approximate surface area is 104 Å². The molecule has 17 heavy (non-hydrogen) atoms. The van der Waals surface area contributed by atoms with Crippen LogP contribution in [0, 0.1) is 0 Å². The summed E-state index contributed by atoms with van der Waals surface area (Å²) in [4.78, 5) is 0. The SMILES string of the molecule is CC(=CCCC=Cc1ccccc1)CCCO. The van der Waals surface area contributed by atoms with Crippen LogP contribution in [0.2, 0.25) is 0 Å². The van der Waals surface area contributed by atoms with E-state index in [0.717, 1.165) is 25.7 Å². The second-order valence-electron chi connectivity index (χ2n) is 4.27. The molecule has 0 aromatic heterocycles. The Balaban J connectivity index is 2.22. The van der Waals surface area contributed by atoms with Gasteiger partial charge in [0.05, 0.1) is 0 Å². The number of hydrogen-bond donors (Lipinski definition) is 1. The van der Waals surface area contributed by atoms with Gasteiger partial charge in [-0.15, -0.1) is 0 Å². The van der Waals surface area contributed by atoms with Crippen molar-refractivity contribution in [3.63, 3.8) is 0 Å². The van der Waals surface area contributed by atoms with Crippen molar-refractivity contribution in [3.8, 4) is 0 Å². The largest absolute Gasteiger partial charge is 0.396 e. The minimum atomic E-state index is 0.291. The van der Waals surface area contributed by atoms with Crippen LogP contribution in [-0.4, -0.2) is 11.7 Å². The number of hydrogen-bond acceptors (Lipinski definition) is 1. The highest BCUT2D eigenvalue weighted by Crippen LogP contribution is 2.07. The lowest BCUT2D eigenvalue weighted by Gasteiger charge is -1.98.